The first-order chi connectivity index (χ1) is 10.5. The van der Waals surface area contributed by atoms with Crippen molar-refractivity contribution in [3.63, 3.8) is 0 Å². The van der Waals surface area contributed by atoms with Gasteiger partial charge in [-0.25, -0.2) is 4.98 Å². The minimum absolute atomic E-state index is 0.000392. The zero-order valence-electron chi connectivity index (χ0n) is 12.2. The van der Waals surface area contributed by atoms with Crippen molar-refractivity contribution in [3.05, 3.63) is 18.4 Å². The second-order valence-electron chi connectivity index (χ2n) is 5.32. The predicted molar refractivity (Wildman–Crippen MR) is 74.9 cm³/mol. The van der Waals surface area contributed by atoms with E-state index in [-0.39, 0.29) is 31.9 Å². The Kier molecular flexibility index (Phi) is 5.47. The van der Waals surface area contributed by atoms with E-state index in [4.69, 9.17) is 14.9 Å². The van der Waals surface area contributed by atoms with Crippen molar-refractivity contribution in [2.75, 3.05) is 39.4 Å². The van der Waals surface area contributed by atoms with E-state index < -0.39 is 17.4 Å². The normalized spacial score (nSPS) is 23.0. The Morgan fingerprint density at radius 3 is 3.05 bits per heavy atom. The van der Waals surface area contributed by atoms with Crippen LogP contribution in [0.2, 0.25) is 0 Å². The average molecular weight is 312 g/mol. The molecule has 0 aromatic carbocycles. The Labute approximate surface area is 127 Å². The summed E-state index contributed by atoms with van der Waals surface area (Å²) in [4.78, 5) is 28.2. The Hall–Kier alpha value is -1.97. The molecule has 0 bridgehead atoms. The first kappa shape index (κ1) is 16.4. The molecule has 1 fully saturated rings. The van der Waals surface area contributed by atoms with Crippen molar-refractivity contribution < 1.29 is 23.8 Å². The van der Waals surface area contributed by atoms with Gasteiger partial charge in [0.2, 0.25) is 11.7 Å². The monoisotopic (exact) mass is 312 g/mol. The number of β-amino-alcohol motifs (C(OH)–C–C–N with tert-alkyl or cyclic N) is 1. The molecule has 4 N–H and O–H groups in total. The van der Waals surface area contributed by atoms with Crippen LogP contribution in [0.3, 0.4) is 0 Å². The van der Waals surface area contributed by atoms with Gasteiger partial charge in [-0.2, -0.15) is 0 Å². The molecule has 9 nitrogen and oxygen atoms in total. The fourth-order valence-electron chi connectivity index (χ4n) is 2.22. The van der Waals surface area contributed by atoms with Crippen LogP contribution in [-0.4, -0.2) is 71.8 Å². The van der Waals surface area contributed by atoms with E-state index in [1.807, 2.05) is 4.90 Å². The molecular weight excluding hydrogens is 292 g/mol. The highest BCUT2D eigenvalue weighted by atomic mass is 16.5. The number of primary amides is 1. The lowest BCUT2D eigenvalue weighted by Gasteiger charge is -2.30. The second-order valence-corrected chi connectivity index (χ2v) is 5.32. The molecule has 2 amide bonds. The van der Waals surface area contributed by atoms with Crippen LogP contribution in [0.4, 0.5) is 0 Å². The molecule has 0 aliphatic carbocycles. The van der Waals surface area contributed by atoms with Crippen LogP contribution in [-0.2, 0) is 9.53 Å². The molecule has 1 atom stereocenters. The Morgan fingerprint density at radius 1 is 1.55 bits per heavy atom. The van der Waals surface area contributed by atoms with Gasteiger partial charge < -0.3 is 25.3 Å². The SMILES string of the molecule is NC(=O)CCN1CCOC[C@](O)(CNC(=O)c2cnco2)C1. The Balaban J connectivity index is 1.89. The minimum Gasteiger partial charge on any atom is -0.438 e. The van der Waals surface area contributed by atoms with Crippen molar-refractivity contribution in [2.24, 2.45) is 5.73 Å². The molecular formula is C13H20N4O5. The zero-order chi connectivity index (χ0) is 16.0. The van der Waals surface area contributed by atoms with Crippen LogP contribution in [0.1, 0.15) is 17.0 Å². The number of oxazole rings is 1. The van der Waals surface area contributed by atoms with Crippen molar-refractivity contribution >= 4 is 11.8 Å². The molecule has 1 aliphatic heterocycles. The topological polar surface area (TPSA) is 131 Å². The van der Waals surface area contributed by atoms with Crippen LogP contribution in [0.5, 0.6) is 0 Å². The molecule has 0 saturated carbocycles. The molecule has 1 aliphatic rings. The number of nitrogens with zero attached hydrogens (tertiary/aromatic N) is 2. The molecule has 9 heteroatoms. The third-order valence-corrected chi connectivity index (χ3v) is 3.35. The standard InChI is InChI=1S/C13H20N4O5/c14-11(18)1-2-17-3-4-21-8-13(20,7-17)6-16-12(19)10-5-15-9-22-10/h5,9,20H,1-4,6-8H2,(H2,14,18)(H,16,19)/t13-/m0/s1. The van der Waals surface area contributed by atoms with E-state index in [1.54, 1.807) is 0 Å². The number of carbonyl (C=O) groups excluding carboxylic acids is 2. The smallest absolute Gasteiger partial charge is 0.288 e. The maximum atomic E-state index is 11.8. The largest absolute Gasteiger partial charge is 0.438 e. The van der Waals surface area contributed by atoms with Gasteiger partial charge in [0.05, 0.1) is 26.0 Å². The van der Waals surface area contributed by atoms with E-state index in [0.29, 0.717) is 19.7 Å². The van der Waals surface area contributed by atoms with Gasteiger partial charge >= 0.3 is 0 Å². The van der Waals surface area contributed by atoms with Gasteiger partial charge in [-0.15, -0.1) is 0 Å². The molecule has 1 aromatic heterocycles. The predicted octanol–water partition coefficient (Wildman–Crippen LogP) is -1.66. The van der Waals surface area contributed by atoms with Gasteiger partial charge in [0.1, 0.15) is 5.60 Å². The van der Waals surface area contributed by atoms with Gasteiger partial charge in [-0.05, 0) is 0 Å². The van der Waals surface area contributed by atoms with E-state index in [2.05, 4.69) is 10.3 Å². The number of aromatic nitrogens is 1. The third-order valence-electron chi connectivity index (χ3n) is 3.35. The van der Waals surface area contributed by atoms with Gasteiger partial charge in [0.15, 0.2) is 6.39 Å². The molecule has 22 heavy (non-hydrogen) atoms. The first-order valence-corrected chi connectivity index (χ1v) is 6.96. The van der Waals surface area contributed by atoms with Crippen molar-refractivity contribution in [1.29, 1.82) is 0 Å². The Bertz CT molecular complexity index is 507. The number of carbonyl (C=O) groups is 2. The van der Waals surface area contributed by atoms with Gasteiger partial charge in [-0.3, -0.25) is 14.5 Å². The summed E-state index contributed by atoms with van der Waals surface area (Å²) in [6.07, 6.45) is 2.66. The fourth-order valence-corrected chi connectivity index (χ4v) is 2.22. The molecule has 1 aromatic rings. The zero-order valence-corrected chi connectivity index (χ0v) is 12.2. The lowest BCUT2D eigenvalue weighted by atomic mass is 10.0. The van der Waals surface area contributed by atoms with Gasteiger partial charge in [0, 0.05) is 26.1 Å². The number of nitrogens with two attached hydrogens (primary N) is 1. The number of nitrogens with one attached hydrogen (secondary N) is 1. The lowest BCUT2D eigenvalue weighted by Crippen LogP contribution is -2.52. The summed E-state index contributed by atoms with van der Waals surface area (Å²) < 4.78 is 10.3. The van der Waals surface area contributed by atoms with Crippen molar-refractivity contribution in [2.45, 2.75) is 12.0 Å². The quantitative estimate of drug-likeness (QED) is 0.573. The van der Waals surface area contributed by atoms with E-state index in [0.717, 1.165) is 6.39 Å². The number of aliphatic hydroxyl groups is 1. The van der Waals surface area contributed by atoms with Crippen molar-refractivity contribution in [1.82, 2.24) is 15.2 Å². The summed E-state index contributed by atoms with van der Waals surface area (Å²) in [5.74, 6) is -0.782. The van der Waals surface area contributed by atoms with E-state index >= 15 is 0 Å². The minimum atomic E-state index is -1.25. The summed E-state index contributed by atoms with van der Waals surface area (Å²) in [5.41, 5.74) is 3.89. The summed E-state index contributed by atoms with van der Waals surface area (Å²) in [7, 11) is 0. The number of ether oxygens (including phenoxy) is 1. The lowest BCUT2D eigenvalue weighted by molar-refractivity contribution is -0.118. The number of hydrogen-bond acceptors (Lipinski definition) is 7. The highest BCUT2D eigenvalue weighted by Gasteiger charge is 2.33. The summed E-state index contributed by atoms with van der Waals surface area (Å²) in [5, 5.41) is 13.2. The highest BCUT2D eigenvalue weighted by molar-refractivity contribution is 5.91. The number of amides is 2. The number of hydrogen-bond donors (Lipinski definition) is 3. The van der Waals surface area contributed by atoms with Crippen molar-refractivity contribution in [3.8, 4) is 0 Å². The fraction of sp³-hybridized carbons (Fsp3) is 0.615. The maximum Gasteiger partial charge on any atom is 0.288 e. The Morgan fingerprint density at radius 2 is 2.36 bits per heavy atom. The van der Waals surface area contributed by atoms with Crippen LogP contribution >= 0.6 is 0 Å². The first-order valence-electron chi connectivity index (χ1n) is 6.96. The molecule has 0 spiro atoms. The van der Waals surface area contributed by atoms with Crippen LogP contribution in [0.15, 0.2) is 17.0 Å². The molecule has 122 valence electrons. The summed E-state index contributed by atoms with van der Waals surface area (Å²) >= 11 is 0. The average Bonchev–Trinajstić information content (AvgIpc) is 2.94. The van der Waals surface area contributed by atoms with Crippen LogP contribution in [0, 0.1) is 0 Å². The van der Waals surface area contributed by atoms with E-state index in [1.165, 1.54) is 6.20 Å². The van der Waals surface area contributed by atoms with Gasteiger partial charge in [-0.1, -0.05) is 0 Å². The molecule has 1 saturated heterocycles. The maximum absolute atomic E-state index is 11.8. The molecule has 2 heterocycles. The molecule has 2 rings (SSSR count). The molecule has 0 radical (unpaired) electrons. The highest BCUT2D eigenvalue weighted by Crippen LogP contribution is 2.12. The third kappa shape index (κ3) is 4.79. The summed E-state index contributed by atoms with van der Waals surface area (Å²) in [6.45, 7) is 1.84. The molecule has 0 unspecified atom stereocenters. The van der Waals surface area contributed by atoms with Gasteiger partial charge in [0.25, 0.3) is 5.91 Å². The summed E-state index contributed by atoms with van der Waals surface area (Å²) in [6, 6.07) is 0. The van der Waals surface area contributed by atoms with E-state index in [9.17, 15) is 14.7 Å². The van der Waals surface area contributed by atoms with Crippen LogP contribution in [0.25, 0.3) is 0 Å². The second kappa shape index (κ2) is 7.34. The number of rotatable bonds is 6. The van der Waals surface area contributed by atoms with Crippen LogP contribution < -0.4 is 11.1 Å².